The molecule has 0 aromatic heterocycles. The summed E-state index contributed by atoms with van der Waals surface area (Å²) in [7, 11) is 0. The molecule has 0 atom stereocenters. The maximum Gasteiger partial charge on any atom is 0.0726 e. The molecule has 0 amide bonds. The third kappa shape index (κ3) is 1.50. The first kappa shape index (κ1) is 11.0. The van der Waals surface area contributed by atoms with Crippen molar-refractivity contribution in [3.63, 3.8) is 0 Å². The minimum atomic E-state index is -0.248. The Morgan fingerprint density at radius 1 is 1.15 bits per heavy atom. The third-order valence-corrected chi connectivity index (χ3v) is 3.25. The lowest BCUT2D eigenvalue weighted by Gasteiger charge is -2.61. The van der Waals surface area contributed by atoms with Crippen LogP contribution >= 0.6 is 0 Å². The molecule has 0 aromatic rings. The van der Waals surface area contributed by atoms with Crippen LogP contribution in [0.2, 0.25) is 0 Å². The van der Waals surface area contributed by atoms with Crippen LogP contribution in [0.4, 0.5) is 0 Å². The summed E-state index contributed by atoms with van der Waals surface area (Å²) in [4.78, 5) is 0. The average Bonchev–Trinajstić information content (AvgIpc) is 2.03. The second-order valence-corrected chi connectivity index (χ2v) is 5.30. The fourth-order valence-electron chi connectivity index (χ4n) is 2.77. The van der Waals surface area contributed by atoms with E-state index in [1.165, 1.54) is 0 Å². The smallest absolute Gasteiger partial charge is 0.0726 e. The highest BCUT2D eigenvalue weighted by Crippen LogP contribution is 2.55. The second-order valence-electron chi connectivity index (χ2n) is 5.30. The van der Waals surface area contributed by atoms with Crippen molar-refractivity contribution in [3.8, 4) is 0 Å². The Bertz CT molecular complexity index is 169. The van der Waals surface area contributed by atoms with Crippen molar-refractivity contribution >= 4 is 0 Å². The first-order valence-corrected chi connectivity index (χ1v) is 5.14. The molecule has 0 bridgehead atoms. The fraction of sp³-hybridized carbons (Fsp3) is 1.00. The monoisotopic (exact) mass is 186 g/mol. The Morgan fingerprint density at radius 3 is 2.00 bits per heavy atom. The molecule has 0 unspecified atom stereocenters. The Hall–Kier alpha value is -0.0800. The SMILES string of the molecule is CCCOC1C(C)(C)C(O)C1(C)C. The van der Waals surface area contributed by atoms with Crippen LogP contribution < -0.4 is 0 Å². The molecule has 2 heteroatoms. The van der Waals surface area contributed by atoms with Gasteiger partial charge in [-0.15, -0.1) is 0 Å². The normalized spacial score (nSPS) is 35.5. The van der Waals surface area contributed by atoms with Gasteiger partial charge in [-0.2, -0.15) is 0 Å². The minimum Gasteiger partial charge on any atom is -0.392 e. The molecule has 1 aliphatic rings. The van der Waals surface area contributed by atoms with E-state index in [2.05, 4.69) is 34.6 Å². The maximum atomic E-state index is 9.89. The molecular weight excluding hydrogens is 164 g/mol. The molecular formula is C11H22O2. The highest BCUT2D eigenvalue weighted by Gasteiger charge is 2.61. The van der Waals surface area contributed by atoms with Crippen LogP contribution in [-0.2, 0) is 4.74 Å². The van der Waals surface area contributed by atoms with Crippen LogP contribution in [0, 0.1) is 10.8 Å². The van der Waals surface area contributed by atoms with E-state index in [1.54, 1.807) is 0 Å². The van der Waals surface area contributed by atoms with Crippen molar-refractivity contribution < 1.29 is 9.84 Å². The zero-order valence-electron chi connectivity index (χ0n) is 9.42. The van der Waals surface area contributed by atoms with Gasteiger partial charge in [-0.25, -0.2) is 0 Å². The molecule has 1 fully saturated rings. The van der Waals surface area contributed by atoms with E-state index in [9.17, 15) is 5.11 Å². The van der Waals surface area contributed by atoms with Crippen molar-refractivity contribution in [2.45, 2.75) is 53.2 Å². The van der Waals surface area contributed by atoms with Crippen molar-refractivity contribution in [1.29, 1.82) is 0 Å². The van der Waals surface area contributed by atoms with Gasteiger partial charge in [0, 0.05) is 17.4 Å². The number of hydrogen-bond acceptors (Lipinski definition) is 2. The number of ether oxygens (including phenoxy) is 1. The Morgan fingerprint density at radius 2 is 1.62 bits per heavy atom. The lowest BCUT2D eigenvalue weighted by Crippen LogP contribution is -2.68. The molecule has 1 aliphatic carbocycles. The van der Waals surface area contributed by atoms with Crippen LogP contribution in [-0.4, -0.2) is 23.9 Å². The third-order valence-electron chi connectivity index (χ3n) is 3.25. The van der Waals surface area contributed by atoms with Gasteiger partial charge >= 0.3 is 0 Å². The van der Waals surface area contributed by atoms with Gasteiger partial charge in [-0.1, -0.05) is 34.6 Å². The lowest BCUT2D eigenvalue weighted by molar-refractivity contribution is -0.266. The summed E-state index contributed by atoms with van der Waals surface area (Å²) >= 11 is 0. The fourth-order valence-corrected chi connectivity index (χ4v) is 2.77. The summed E-state index contributed by atoms with van der Waals surface area (Å²) < 4.78 is 5.77. The average molecular weight is 186 g/mol. The highest BCUT2D eigenvalue weighted by atomic mass is 16.5. The van der Waals surface area contributed by atoms with E-state index in [1.807, 2.05) is 0 Å². The molecule has 0 aliphatic heterocycles. The molecule has 1 saturated carbocycles. The Kier molecular flexibility index (Phi) is 2.75. The van der Waals surface area contributed by atoms with Crippen LogP contribution in [0.5, 0.6) is 0 Å². The van der Waals surface area contributed by atoms with Crippen molar-refractivity contribution in [2.75, 3.05) is 6.61 Å². The molecule has 78 valence electrons. The van der Waals surface area contributed by atoms with E-state index in [4.69, 9.17) is 4.74 Å². The Labute approximate surface area is 81.3 Å². The summed E-state index contributed by atoms with van der Waals surface area (Å²) in [6.45, 7) is 11.2. The summed E-state index contributed by atoms with van der Waals surface area (Å²) in [5, 5.41) is 9.89. The molecule has 0 radical (unpaired) electrons. The molecule has 0 aromatic carbocycles. The first-order chi connectivity index (χ1) is 5.85. The largest absolute Gasteiger partial charge is 0.392 e. The van der Waals surface area contributed by atoms with E-state index in [0.29, 0.717) is 0 Å². The van der Waals surface area contributed by atoms with Crippen LogP contribution in [0.3, 0.4) is 0 Å². The van der Waals surface area contributed by atoms with Crippen molar-refractivity contribution in [1.82, 2.24) is 0 Å². The van der Waals surface area contributed by atoms with Crippen LogP contribution in [0.25, 0.3) is 0 Å². The van der Waals surface area contributed by atoms with Gasteiger partial charge in [-0.05, 0) is 6.42 Å². The number of aliphatic hydroxyl groups is 1. The topological polar surface area (TPSA) is 29.5 Å². The summed E-state index contributed by atoms with van der Waals surface area (Å²) in [5.74, 6) is 0. The predicted molar refractivity (Wildman–Crippen MR) is 53.6 cm³/mol. The maximum absolute atomic E-state index is 9.89. The van der Waals surface area contributed by atoms with E-state index in [0.717, 1.165) is 13.0 Å². The van der Waals surface area contributed by atoms with Crippen molar-refractivity contribution in [3.05, 3.63) is 0 Å². The molecule has 0 heterocycles. The van der Waals surface area contributed by atoms with E-state index >= 15 is 0 Å². The van der Waals surface area contributed by atoms with E-state index < -0.39 is 0 Å². The molecule has 1 rings (SSSR count). The summed E-state index contributed by atoms with van der Waals surface area (Å²) in [6.07, 6.45) is 0.982. The van der Waals surface area contributed by atoms with Crippen molar-refractivity contribution in [2.24, 2.45) is 10.8 Å². The summed E-state index contributed by atoms with van der Waals surface area (Å²) in [5.41, 5.74) is -0.169. The molecule has 0 saturated heterocycles. The number of hydrogen-bond donors (Lipinski definition) is 1. The highest BCUT2D eigenvalue weighted by molar-refractivity contribution is 5.10. The van der Waals surface area contributed by atoms with Gasteiger partial charge in [0.25, 0.3) is 0 Å². The standard InChI is InChI=1S/C11H22O2/c1-6-7-13-9-10(2,3)8(12)11(9,4)5/h8-9,12H,6-7H2,1-5H3. The van der Waals surface area contributed by atoms with Gasteiger partial charge in [0.2, 0.25) is 0 Å². The Balaban J connectivity index is 2.62. The second kappa shape index (κ2) is 3.25. The molecule has 0 spiro atoms. The molecule has 1 N–H and O–H groups in total. The lowest BCUT2D eigenvalue weighted by atomic mass is 9.51. The van der Waals surface area contributed by atoms with Gasteiger partial charge in [-0.3, -0.25) is 0 Å². The quantitative estimate of drug-likeness (QED) is 0.732. The van der Waals surface area contributed by atoms with Gasteiger partial charge in [0.15, 0.2) is 0 Å². The number of rotatable bonds is 3. The minimum absolute atomic E-state index is 0.0847. The molecule has 2 nitrogen and oxygen atoms in total. The van der Waals surface area contributed by atoms with Gasteiger partial charge in [0.1, 0.15) is 0 Å². The van der Waals surface area contributed by atoms with E-state index in [-0.39, 0.29) is 23.0 Å². The zero-order valence-corrected chi connectivity index (χ0v) is 9.42. The zero-order chi connectivity index (χ0) is 10.3. The molecule has 13 heavy (non-hydrogen) atoms. The predicted octanol–water partition coefficient (Wildman–Crippen LogP) is 2.21. The van der Waals surface area contributed by atoms with Crippen LogP contribution in [0.15, 0.2) is 0 Å². The first-order valence-electron chi connectivity index (χ1n) is 5.14. The number of aliphatic hydroxyl groups excluding tert-OH is 1. The van der Waals surface area contributed by atoms with Crippen LogP contribution in [0.1, 0.15) is 41.0 Å². The summed E-state index contributed by atoms with van der Waals surface area (Å²) in [6, 6.07) is 0. The van der Waals surface area contributed by atoms with Gasteiger partial charge in [0.05, 0.1) is 12.2 Å². The van der Waals surface area contributed by atoms with Gasteiger partial charge < -0.3 is 9.84 Å².